The van der Waals surface area contributed by atoms with E-state index in [0.29, 0.717) is 5.96 Å². The molecule has 0 aromatic heterocycles. The third-order valence-electron chi connectivity index (χ3n) is 2.78. The van der Waals surface area contributed by atoms with Crippen molar-refractivity contribution in [3.63, 3.8) is 0 Å². The summed E-state index contributed by atoms with van der Waals surface area (Å²) in [6.07, 6.45) is 5.22. The first-order valence-electron chi connectivity index (χ1n) is 5.02. The van der Waals surface area contributed by atoms with Crippen LogP contribution in [0.1, 0.15) is 25.7 Å². The number of nitrogens with two attached hydrogens (primary N) is 1. The number of hydrogen-bond donors (Lipinski definition) is 2. The molecule has 0 unspecified atom stereocenters. The molecule has 0 radical (unpaired) electrons. The van der Waals surface area contributed by atoms with E-state index in [0.717, 1.165) is 24.9 Å². The van der Waals surface area contributed by atoms with Crippen LogP contribution in [0.25, 0.3) is 0 Å². The third-order valence-corrected chi connectivity index (χ3v) is 2.78. The molecule has 2 rings (SSSR count). The minimum Gasteiger partial charge on any atom is -0.408 e. The predicted octanol–water partition coefficient (Wildman–Crippen LogP) is 0.812. The van der Waals surface area contributed by atoms with Crippen LogP contribution in [0.3, 0.4) is 0 Å². The van der Waals surface area contributed by atoms with E-state index in [1.54, 1.807) is 0 Å². The first-order valence-corrected chi connectivity index (χ1v) is 5.02. The molecule has 2 saturated carbocycles. The first kappa shape index (κ1) is 8.66. The number of guanidine groups is 1. The number of nitrogens with zero attached hydrogens (tertiary/aromatic N) is 2. The zero-order valence-electron chi connectivity index (χ0n) is 7.82. The standard InChI is InChI=1S/C9H17N3O/c10-9(11-13)12(5-7-1-2-7)6-8-3-4-8/h7-8,13H,1-6H2,(H2,10,11). The van der Waals surface area contributed by atoms with E-state index in [1.165, 1.54) is 25.7 Å². The molecule has 0 spiro atoms. The van der Waals surface area contributed by atoms with Gasteiger partial charge in [0.05, 0.1) is 0 Å². The van der Waals surface area contributed by atoms with Crippen LogP contribution in [0.15, 0.2) is 5.16 Å². The molecule has 2 aliphatic carbocycles. The third kappa shape index (κ3) is 2.50. The van der Waals surface area contributed by atoms with Gasteiger partial charge in [-0.25, -0.2) is 0 Å². The monoisotopic (exact) mass is 183 g/mol. The Hall–Kier alpha value is -0.930. The van der Waals surface area contributed by atoms with E-state index in [-0.39, 0.29) is 0 Å². The lowest BCUT2D eigenvalue weighted by Gasteiger charge is -2.22. The first-order chi connectivity index (χ1) is 6.29. The Morgan fingerprint density at radius 3 is 2.00 bits per heavy atom. The fraction of sp³-hybridized carbons (Fsp3) is 0.889. The maximum atomic E-state index is 8.59. The van der Waals surface area contributed by atoms with E-state index < -0.39 is 0 Å². The highest BCUT2D eigenvalue weighted by molar-refractivity contribution is 5.77. The van der Waals surface area contributed by atoms with Crippen molar-refractivity contribution in [1.29, 1.82) is 0 Å². The van der Waals surface area contributed by atoms with Crippen molar-refractivity contribution in [3.05, 3.63) is 0 Å². The van der Waals surface area contributed by atoms with E-state index in [9.17, 15) is 0 Å². The summed E-state index contributed by atoms with van der Waals surface area (Å²) >= 11 is 0. The maximum Gasteiger partial charge on any atom is 0.233 e. The normalized spacial score (nSPS) is 23.2. The van der Waals surface area contributed by atoms with E-state index in [2.05, 4.69) is 5.16 Å². The Balaban J connectivity index is 1.83. The highest BCUT2D eigenvalue weighted by Gasteiger charge is 2.30. The predicted molar refractivity (Wildman–Crippen MR) is 50.4 cm³/mol. The number of rotatable bonds is 4. The molecule has 13 heavy (non-hydrogen) atoms. The van der Waals surface area contributed by atoms with Crippen LogP contribution < -0.4 is 5.73 Å². The highest BCUT2D eigenvalue weighted by atomic mass is 16.4. The van der Waals surface area contributed by atoms with Crippen molar-refractivity contribution in [2.45, 2.75) is 25.7 Å². The van der Waals surface area contributed by atoms with Gasteiger partial charge in [-0.05, 0) is 37.5 Å². The summed E-state index contributed by atoms with van der Waals surface area (Å²) in [4.78, 5) is 2.02. The highest BCUT2D eigenvalue weighted by Crippen LogP contribution is 2.33. The summed E-state index contributed by atoms with van der Waals surface area (Å²) in [6, 6.07) is 0. The summed E-state index contributed by atoms with van der Waals surface area (Å²) < 4.78 is 0. The molecule has 2 aliphatic rings. The van der Waals surface area contributed by atoms with Crippen LogP contribution in [0.2, 0.25) is 0 Å². The summed E-state index contributed by atoms with van der Waals surface area (Å²) in [5, 5.41) is 11.7. The van der Waals surface area contributed by atoms with Gasteiger partial charge >= 0.3 is 0 Å². The second-order valence-electron chi connectivity index (χ2n) is 4.25. The van der Waals surface area contributed by atoms with E-state index in [1.807, 2.05) is 4.90 Å². The summed E-state index contributed by atoms with van der Waals surface area (Å²) in [5.41, 5.74) is 5.60. The fourth-order valence-corrected chi connectivity index (χ4v) is 1.55. The average Bonchev–Trinajstić information content (AvgIpc) is 2.94. The Morgan fingerprint density at radius 1 is 1.23 bits per heavy atom. The van der Waals surface area contributed by atoms with Gasteiger partial charge in [0.15, 0.2) is 0 Å². The quantitative estimate of drug-likeness (QED) is 0.293. The lowest BCUT2D eigenvalue weighted by molar-refractivity contribution is 0.292. The second kappa shape index (κ2) is 3.44. The van der Waals surface area contributed by atoms with Crippen molar-refractivity contribution in [1.82, 2.24) is 4.90 Å². The minimum atomic E-state index is 0.291. The number of oxime groups is 1. The zero-order chi connectivity index (χ0) is 9.26. The Labute approximate surface area is 78.4 Å². The SMILES string of the molecule is NC(=NO)N(CC1CC1)CC1CC1. The van der Waals surface area contributed by atoms with Crippen molar-refractivity contribution in [2.24, 2.45) is 22.7 Å². The van der Waals surface area contributed by atoms with Crippen LogP contribution in [0.5, 0.6) is 0 Å². The van der Waals surface area contributed by atoms with Crippen LogP contribution in [0.4, 0.5) is 0 Å². The Morgan fingerprint density at radius 2 is 1.69 bits per heavy atom. The lowest BCUT2D eigenvalue weighted by atomic mass is 10.3. The molecule has 0 aromatic rings. The van der Waals surface area contributed by atoms with Crippen molar-refractivity contribution < 1.29 is 5.21 Å². The molecule has 4 nitrogen and oxygen atoms in total. The molecule has 0 saturated heterocycles. The van der Waals surface area contributed by atoms with Crippen molar-refractivity contribution >= 4 is 5.96 Å². The van der Waals surface area contributed by atoms with Gasteiger partial charge in [-0.15, -0.1) is 0 Å². The zero-order valence-corrected chi connectivity index (χ0v) is 7.82. The molecule has 4 heteroatoms. The molecule has 0 aromatic carbocycles. The molecule has 0 bridgehead atoms. The molecular formula is C9H17N3O. The van der Waals surface area contributed by atoms with Crippen LogP contribution >= 0.6 is 0 Å². The second-order valence-corrected chi connectivity index (χ2v) is 4.25. The minimum absolute atomic E-state index is 0.291. The topological polar surface area (TPSA) is 61.9 Å². The fourth-order valence-electron chi connectivity index (χ4n) is 1.55. The lowest BCUT2D eigenvalue weighted by Crippen LogP contribution is -2.40. The average molecular weight is 183 g/mol. The molecule has 0 aliphatic heterocycles. The molecule has 0 amide bonds. The number of hydrogen-bond acceptors (Lipinski definition) is 2. The summed E-state index contributed by atoms with van der Waals surface area (Å²) in [6.45, 7) is 1.96. The molecule has 3 N–H and O–H groups in total. The van der Waals surface area contributed by atoms with E-state index >= 15 is 0 Å². The van der Waals surface area contributed by atoms with Gasteiger partial charge in [-0.1, -0.05) is 5.16 Å². The smallest absolute Gasteiger partial charge is 0.233 e. The molecule has 2 fully saturated rings. The largest absolute Gasteiger partial charge is 0.408 e. The van der Waals surface area contributed by atoms with Crippen LogP contribution in [-0.2, 0) is 0 Å². The Kier molecular flexibility index (Phi) is 2.29. The van der Waals surface area contributed by atoms with Gasteiger partial charge in [-0.2, -0.15) is 0 Å². The van der Waals surface area contributed by atoms with Gasteiger partial charge < -0.3 is 15.8 Å². The van der Waals surface area contributed by atoms with Crippen LogP contribution in [0, 0.1) is 11.8 Å². The summed E-state index contributed by atoms with van der Waals surface area (Å²) in [5.74, 6) is 1.87. The van der Waals surface area contributed by atoms with E-state index in [4.69, 9.17) is 10.9 Å². The van der Waals surface area contributed by atoms with Crippen molar-refractivity contribution in [3.8, 4) is 0 Å². The van der Waals surface area contributed by atoms with Gasteiger partial charge in [0, 0.05) is 13.1 Å². The van der Waals surface area contributed by atoms with Gasteiger partial charge in [0.1, 0.15) is 0 Å². The van der Waals surface area contributed by atoms with Gasteiger partial charge in [0.25, 0.3) is 0 Å². The van der Waals surface area contributed by atoms with Gasteiger partial charge in [0.2, 0.25) is 5.96 Å². The Bertz CT molecular complexity index is 195. The molecule has 74 valence electrons. The summed E-state index contributed by atoms with van der Waals surface area (Å²) in [7, 11) is 0. The van der Waals surface area contributed by atoms with Crippen LogP contribution in [-0.4, -0.2) is 29.2 Å². The van der Waals surface area contributed by atoms with Crippen molar-refractivity contribution in [2.75, 3.05) is 13.1 Å². The van der Waals surface area contributed by atoms with Gasteiger partial charge in [-0.3, -0.25) is 0 Å². The molecular weight excluding hydrogens is 166 g/mol. The maximum absolute atomic E-state index is 8.59. The molecule has 0 heterocycles. The molecule has 0 atom stereocenters.